The molecule has 0 aliphatic rings. The summed E-state index contributed by atoms with van der Waals surface area (Å²) in [4.78, 5) is 0. The Bertz CT molecular complexity index is 66.6. The Morgan fingerprint density at radius 3 is 2.29 bits per heavy atom. The Hall–Kier alpha value is -0.330. The molecule has 7 heavy (non-hydrogen) atoms. The van der Waals surface area contributed by atoms with Crippen molar-refractivity contribution in [3.8, 4) is 0 Å². The summed E-state index contributed by atoms with van der Waals surface area (Å²) < 4.78 is 12.2. The Morgan fingerprint density at radius 1 is 1.86 bits per heavy atom. The summed E-state index contributed by atoms with van der Waals surface area (Å²) in [6.45, 7) is 6.96. The molecule has 0 fully saturated rings. The number of allylic oxidation sites excluding steroid dienone is 1. The largest absolute Gasteiger partial charge is 0.243 e. The number of hydrogen-bond acceptors (Lipinski definition) is 0. The minimum absolute atomic E-state index is 0.551. The SMILES string of the molecule is C=C(C)C(F)CC. The van der Waals surface area contributed by atoms with Crippen molar-refractivity contribution in [3.63, 3.8) is 0 Å². The molecule has 0 saturated carbocycles. The van der Waals surface area contributed by atoms with Gasteiger partial charge in [-0.25, -0.2) is 4.39 Å². The molecule has 0 heterocycles. The molecule has 0 radical (unpaired) electrons. The third kappa shape index (κ3) is 2.38. The van der Waals surface area contributed by atoms with Gasteiger partial charge in [-0.1, -0.05) is 13.5 Å². The minimum Gasteiger partial charge on any atom is -0.243 e. The fourth-order valence-corrected chi connectivity index (χ4v) is 0.348. The molecule has 0 nitrogen and oxygen atoms in total. The molecule has 1 atom stereocenters. The lowest BCUT2D eigenvalue weighted by Crippen LogP contribution is -1.96. The molecule has 0 aromatic heterocycles. The fraction of sp³-hybridized carbons (Fsp3) is 0.667. The molecule has 42 valence electrons. The molecule has 1 unspecified atom stereocenters. The van der Waals surface area contributed by atoms with Crippen LogP contribution in [0.25, 0.3) is 0 Å². The van der Waals surface area contributed by atoms with Gasteiger partial charge in [0.25, 0.3) is 0 Å². The van der Waals surface area contributed by atoms with Gasteiger partial charge in [0.2, 0.25) is 0 Å². The highest BCUT2D eigenvalue weighted by Gasteiger charge is 1.99. The van der Waals surface area contributed by atoms with Gasteiger partial charge in [-0.05, 0) is 18.9 Å². The molecule has 0 N–H and O–H groups in total. The van der Waals surface area contributed by atoms with Crippen LogP contribution in [0, 0.1) is 0 Å². The van der Waals surface area contributed by atoms with Gasteiger partial charge in [-0.15, -0.1) is 0 Å². The first-order valence-electron chi connectivity index (χ1n) is 2.48. The number of rotatable bonds is 2. The van der Waals surface area contributed by atoms with Gasteiger partial charge in [0.15, 0.2) is 0 Å². The van der Waals surface area contributed by atoms with E-state index < -0.39 is 6.17 Å². The quantitative estimate of drug-likeness (QED) is 0.469. The first kappa shape index (κ1) is 6.67. The normalized spacial score (nSPS) is 13.6. The van der Waals surface area contributed by atoms with Crippen molar-refractivity contribution < 1.29 is 4.39 Å². The standard InChI is InChI=1S/C6H11F/c1-4-6(7)5(2)3/h6H,2,4H2,1,3H3. The number of hydrogen-bond donors (Lipinski definition) is 0. The summed E-state index contributed by atoms with van der Waals surface area (Å²) in [5, 5.41) is 0. The van der Waals surface area contributed by atoms with Crippen molar-refractivity contribution in [2.75, 3.05) is 0 Å². The van der Waals surface area contributed by atoms with Crippen molar-refractivity contribution in [2.24, 2.45) is 0 Å². The van der Waals surface area contributed by atoms with E-state index in [1.54, 1.807) is 13.8 Å². The molecule has 0 saturated heterocycles. The summed E-state index contributed by atoms with van der Waals surface area (Å²) in [6.07, 6.45) is -0.241. The third-order valence-electron chi connectivity index (χ3n) is 0.893. The predicted molar refractivity (Wildman–Crippen MR) is 30.0 cm³/mol. The molecule has 0 spiro atoms. The van der Waals surface area contributed by atoms with Crippen molar-refractivity contribution in [3.05, 3.63) is 12.2 Å². The van der Waals surface area contributed by atoms with Gasteiger partial charge < -0.3 is 0 Å². The second-order valence-electron chi connectivity index (χ2n) is 1.72. The Morgan fingerprint density at radius 2 is 2.29 bits per heavy atom. The van der Waals surface area contributed by atoms with Crippen LogP contribution in [-0.2, 0) is 0 Å². The fourth-order valence-electron chi connectivity index (χ4n) is 0.348. The zero-order chi connectivity index (χ0) is 5.86. The topological polar surface area (TPSA) is 0 Å². The average molecular weight is 102 g/mol. The van der Waals surface area contributed by atoms with Crippen LogP contribution in [-0.4, -0.2) is 6.17 Å². The molecule has 0 aliphatic heterocycles. The smallest absolute Gasteiger partial charge is 0.120 e. The van der Waals surface area contributed by atoms with Gasteiger partial charge in [0.1, 0.15) is 6.17 Å². The highest BCUT2D eigenvalue weighted by Crippen LogP contribution is 2.05. The van der Waals surface area contributed by atoms with Crippen LogP contribution in [0.2, 0.25) is 0 Å². The summed E-state index contributed by atoms with van der Waals surface area (Å²) >= 11 is 0. The van der Waals surface area contributed by atoms with E-state index in [4.69, 9.17) is 0 Å². The molecular weight excluding hydrogens is 91.1 g/mol. The molecule has 0 bridgehead atoms. The average Bonchev–Trinajstić information content (AvgIpc) is 1.65. The van der Waals surface area contributed by atoms with E-state index in [9.17, 15) is 4.39 Å². The lowest BCUT2D eigenvalue weighted by atomic mass is 10.2. The van der Waals surface area contributed by atoms with Gasteiger partial charge >= 0.3 is 0 Å². The zero-order valence-corrected chi connectivity index (χ0v) is 4.87. The van der Waals surface area contributed by atoms with Gasteiger partial charge in [0.05, 0.1) is 0 Å². The number of halogens is 1. The lowest BCUT2D eigenvalue weighted by molar-refractivity contribution is 0.373. The molecule has 0 rings (SSSR count). The monoisotopic (exact) mass is 102 g/mol. The van der Waals surface area contributed by atoms with E-state index in [2.05, 4.69) is 6.58 Å². The molecule has 0 aliphatic carbocycles. The third-order valence-corrected chi connectivity index (χ3v) is 0.893. The van der Waals surface area contributed by atoms with Crippen LogP contribution in [0.5, 0.6) is 0 Å². The Balaban J connectivity index is 3.34. The van der Waals surface area contributed by atoms with Crippen LogP contribution in [0.4, 0.5) is 4.39 Å². The van der Waals surface area contributed by atoms with E-state index in [0.29, 0.717) is 12.0 Å². The highest BCUT2D eigenvalue weighted by molar-refractivity contribution is 4.95. The van der Waals surface area contributed by atoms with E-state index in [-0.39, 0.29) is 0 Å². The second-order valence-corrected chi connectivity index (χ2v) is 1.72. The highest BCUT2D eigenvalue weighted by atomic mass is 19.1. The maximum atomic E-state index is 12.2. The van der Waals surface area contributed by atoms with E-state index in [1.807, 2.05) is 0 Å². The maximum Gasteiger partial charge on any atom is 0.120 e. The van der Waals surface area contributed by atoms with E-state index in [0.717, 1.165) is 0 Å². The molecule has 0 aromatic rings. The Labute approximate surface area is 44.0 Å². The van der Waals surface area contributed by atoms with Crippen LogP contribution in [0.3, 0.4) is 0 Å². The summed E-state index contributed by atoms with van der Waals surface area (Å²) in [5.74, 6) is 0. The van der Waals surface area contributed by atoms with Crippen molar-refractivity contribution in [1.82, 2.24) is 0 Å². The van der Waals surface area contributed by atoms with Crippen LogP contribution >= 0.6 is 0 Å². The first-order chi connectivity index (χ1) is 3.18. The maximum absolute atomic E-state index is 12.2. The van der Waals surface area contributed by atoms with Crippen LogP contribution in [0.1, 0.15) is 20.3 Å². The predicted octanol–water partition coefficient (Wildman–Crippen LogP) is 2.31. The zero-order valence-electron chi connectivity index (χ0n) is 4.87. The van der Waals surface area contributed by atoms with Crippen molar-refractivity contribution in [2.45, 2.75) is 26.4 Å². The molecule has 0 aromatic carbocycles. The van der Waals surface area contributed by atoms with E-state index in [1.165, 1.54) is 0 Å². The molecule has 1 heteroatoms. The summed E-state index contributed by atoms with van der Waals surface area (Å²) in [7, 11) is 0. The molecule has 0 amide bonds. The lowest BCUT2D eigenvalue weighted by Gasteiger charge is -1.99. The van der Waals surface area contributed by atoms with Gasteiger partial charge in [-0.2, -0.15) is 0 Å². The summed E-state index contributed by atoms with van der Waals surface area (Å²) in [6, 6.07) is 0. The van der Waals surface area contributed by atoms with Crippen LogP contribution < -0.4 is 0 Å². The van der Waals surface area contributed by atoms with Crippen LogP contribution in [0.15, 0.2) is 12.2 Å². The van der Waals surface area contributed by atoms with Crippen molar-refractivity contribution in [1.29, 1.82) is 0 Å². The minimum atomic E-state index is -0.792. The first-order valence-corrected chi connectivity index (χ1v) is 2.48. The molecular formula is C6H11F. The van der Waals surface area contributed by atoms with Gasteiger partial charge in [-0.3, -0.25) is 0 Å². The summed E-state index contributed by atoms with van der Waals surface area (Å²) in [5.41, 5.74) is 0.627. The number of alkyl halides is 1. The second kappa shape index (κ2) is 2.78. The van der Waals surface area contributed by atoms with Crippen molar-refractivity contribution >= 4 is 0 Å². The van der Waals surface area contributed by atoms with Gasteiger partial charge in [0, 0.05) is 0 Å². The van der Waals surface area contributed by atoms with E-state index >= 15 is 0 Å². The Kier molecular flexibility index (Phi) is 2.65.